The van der Waals surface area contributed by atoms with Crippen molar-refractivity contribution < 1.29 is 9.90 Å². The predicted octanol–water partition coefficient (Wildman–Crippen LogP) is 2.03. The SMILES string of the molecule is CN(C(=O)c1ccc[nH]1)C1CCC(CCO)CC1. The number of rotatable bonds is 4. The number of nitrogens with zero attached hydrogens (tertiary/aromatic N) is 1. The van der Waals surface area contributed by atoms with Gasteiger partial charge in [-0.1, -0.05) is 0 Å². The number of nitrogens with one attached hydrogen (secondary N) is 1. The Morgan fingerprint density at radius 1 is 1.44 bits per heavy atom. The number of aromatic amines is 1. The zero-order valence-corrected chi connectivity index (χ0v) is 10.9. The minimum absolute atomic E-state index is 0.0746. The van der Waals surface area contributed by atoms with Crippen LogP contribution < -0.4 is 0 Å². The van der Waals surface area contributed by atoms with Crippen LogP contribution in [-0.4, -0.2) is 40.6 Å². The summed E-state index contributed by atoms with van der Waals surface area (Å²) < 4.78 is 0. The molecular weight excluding hydrogens is 228 g/mol. The number of H-pyrrole nitrogens is 1. The largest absolute Gasteiger partial charge is 0.396 e. The topological polar surface area (TPSA) is 56.3 Å². The Morgan fingerprint density at radius 2 is 2.17 bits per heavy atom. The van der Waals surface area contributed by atoms with Crippen LogP contribution in [0.15, 0.2) is 18.3 Å². The fraction of sp³-hybridized carbons (Fsp3) is 0.643. The molecule has 1 aromatic heterocycles. The van der Waals surface area contributed by atoms with Gasteiger partial charge in [0.2, 0.25) is 0 Å². The first kappa shape index (κ1) is 13.1. The van der Waals surface area contributed by atoms with Gasteiger partial charge in [-0.2, -0.15) is 0 Å². The van der Waals surface area contributed by atoms with Crippen molar-refractivity contribution in [1.29, 1.82) is 0 Å². The summed E-state index contributed by atoms with van der Waals surface area (Å²) in [5.74, 6) is 0.714. The summed E-state index contributed by atoms with van der Waals surface area (Å²) in [6.07, 6.45) is 7.02. The Hall–Kier alpha value is -1.29. The van der Waals surface area contributed by atoms with E-state index < -0.39 is 0 Å². The molecule has 2 rings (SSSR count). The summed E-state index contributed by atoms with van der Waals surface area (Å²) >= 11 is 0. The molecule has 2 N–H and O–H groups in total. The van der Waals surface area contributed by atoms with Crippen molar-refractivity contribution in [1.82, 2.24) is 9.88 Å². The highest BCUT2D eigenvalue weighted by Crippen LogP contribution is 2.29. The monoisotopic (exact) mass is 250 g/mol. The quantitative estimate of drug-likeness (QED) is 0.859. The third-order valence-electron chi connectivity index (χ3n) is 4.05. The predicted molar refractivity (Wildman–Crippen MR) is 70.3 cm³/mol. The fourth-order valence-electron chi connectivity index (χ4n) is 2.82. The molecule has 0 saturated heterocycles. The van der Waals surface area contributed by atoms with Crippen LogP contribution in [0.25, 0.3) is 0 Å². The molecule has 1 aliphatic carbocycles. The summed E-state index contributed by atoms with van der Waals surface area (Å²) in [7, 11) is 1.89. The number of amides is 1. The molecule has 1 aliphatic rings. The molecule has 1 heterocycles. The second kappa shape index (κ2) is 6.05. The summed E-state index contributed by atoms with van der Waals surface area (Å²) in [5, 5.41) is 8.94. The van der Waals surface area contributed by atoms with Crippen LogP contribution in [0, 0.1) is 5.92 Å². The summed E-state index contributed by atoms with van der Waals surface area (Å²) in [6, 6.07) is 4.01. The van der Waals surface area contributed by atoms with Gasteiger partial charge in [-0.05, 0) is 50.2 Å². The molecule has 100 valence electrons. The second-order valence-corrected chi connectivity index (χ2v) is 5.19. The lowest BCUT2D eigenvalue weighted by Crippen LogP contribution is -2.39. The number of aromatic nitrogens is 1. The number of aliphatic hydroxyl groups excluding tert-OH is 1. The van der Waals surface area contributed by atoms with Gasteiger partial charge in [0.15, 0.2) is 0 Å². The van der Waals surface area contributed by atoms with Crippen molar-refractivity contribution in [2.45, 2.75) is 38.1 Å². The van der Waals surface area contributed by atoms with Crippen LogP contribution in [0.1, 0.15) is 42.6 Å². The first-order chi connectivity index (χ1) is 8.72. The van der Waals surface area contributed by atoms with Crippen molar-refractivity contribution in [2.75, 3.05) is 13.7 Å². The first-order valence-electron chi connectivity index (χ1n) is 6.73. The Labute approximate surface area is 108 Å². The van der Waals surface area contributed by atoms with E-state index in [9.17, 15) is 4.79 Å². The van der Waals surface area contributed by atoms with E-state index >= 15 is 0 Å². The molecule has 0 aliphatic heterocycles. The lowest BCUT2D eigenvalue weighted by atomic mass is 9.84. The molecule has 1 aromatic rings. The van der Waals surface area contributed by atoms with E-state index in [0.717, 1.165) is 32.1 Å². The first-order valence-corrected chi connectivity index (χ1v) is 6.73. The molecule has 0 spiro atoms. The van der Waals surface area contributed by atoms with Crippen LogP contribution in [0.5, 0.6) is 0 Å². The minimum Gasteiger partial charge on any atom is -0.396 e. The average Bonchev–Trinajstić information content (AvgIpc) is 2.92. The molecule has 0 atom stereocenters. The molecule has 0 bridgehead atoms. The van der Waals surface area contributed by atoms with Crippen LogP contribution in [-0.2, 0) is 0 Å². The van der Waals surface area contributed by atoms with E-state index in [4.69, 9.17) is 5.11 Å². The Bertz CT molecular complexity index is 367. The van der Waals surface area contributed by atoms with E-state index in [2.05, 4.69) is 4.98 Å². The summed E-state index contributed by atoms with van der Waals surface area (Å²) in [5.41, 5.74) is 0.662. The molecular formula is C14H22N2O2. The van der Waals surface area contributed by atoms with Crippen molar-refractivity contribution >= 4 is 5.91 Å². The van der Waals surface area contributed by atoms with Gasteiger partial charge in [-0.25, -0.2) is 0 Å². The third-order valence-corrected chi connectivity index (χ3v) is 4.05. The van der Waals surface area contributed by atoms with Crippen LogP contribution in [0.2, 0.25) is 0 Å². The Kier molecular flexibility index (Phi) is 4.42. The van der Waals surface area contributed by atoms with Gasteiger partial charge in [0.05, 0.1) is 0 Å². The number of carbonyl (C=O) groups excluding carboxylic acids is 1. The zero-order chi connectivity index (χ0) is 13.0. The summed E-state index contributed by atoms with van der Waals surface area (Å²) in [4.78, 5) is 17.0. The summed E-state index contributed by atoms with van der Waals surface area (Å²) in [6.45, 7) is 0.284. The molecule has 4 nitrogen and oxygen atoms in total. The van der Waals surface area contributed by atoms with Crippen molar-refractivity contribution in [3.63, 3.8) is 0 Å². The lowest BCUT2D eigenvalue weighted by Gasteiger charge is -2.34. The highest BCUT2D eigenvalue weighted by molar-refractivity contribution is 5.92. The van der Waals surface area contributed by atoms with Gasteiger partial charge < -0.3 is 15.0 Å². The normalized spacial score (nSPS) is 23.9. The highest BCUT2D eigenvalue weighted by Gasteiger charge is 2.26. The van der Waals surface area contributed by atoms with Gasteiger partial charge in [-0.15, -0.1) is 0 Å². The second-order valence-electron chi connectivity index (χ2n) is 5.19. The molecule has 0 radical (unpaired) electrons. The zero-order valence-electron chi connectivity index (χ0n) is 10.9. The smallest absolute Gasteiger partial charge is 0.270 e. The van der Waals surface area contributed by atoms with Crippen LogP contribution in [0.3, 0.4) is 0 Å². The lowest BCUT2D eigenvalue weighted by molar-refractivity contribution is 0.0662. The highest BCUT2D eigenvalue weighted by atomic mass is 16.3. The van der Waals surface area contributed by atoms with Crippen LogP contribution in [0.4, 0.5) is 0 Å². The molecule has 1 amide bonds. The Morgan fingerprint density at radius 3 is 2.72 bits per heavy atom. The average molecular weight is 250 g/mol. The maximum atomic E-state index is 12.2. The van der Waals surface area contributed by atoms with Gasteiger partial charge in [0.1, 0.15) is 5.69 Å². The fourth-order valence-corrected chi connectivity index (χ4v) is 2.82. The third kappa shape index (κ3) is 2.93. The van der Waals surface area contributed by atoms with Crippen molar-refractivity contribution in [3.8, 4) is 0 Å². The molecule has 1 saturated carbocycles. The molecule has 4 heteroatoms. The van der Waals surface area contributed by atoms with Crippen LogP contribution >= 0.6 is 0 Å². The number of hydrogen-bond acceptors (Lipinski definition) is 2. The minimum atomic E-state index is 0.0746. The standard InChI is InChI=1S/C14H22N2O2/c1-16(14(18)13-3-2-9-15-13)12-6-4-11(5-7-12)8-10-17/h2-3,9,11-12,15,17H,4-8,10H2,1H3. The van der Waals surface area contributed by atoms with E-state index in [-0.39, 0.29) is 12.5 Å². The van der Waals surface area contributed by atoms with E-state index in [1.54, 1.807) is 6.20 Å². The van der Waals surface area contributed by atoms with E-state index in [0.29, 0.717) is 17.7 Å². The maximum Gasteiger partial charge on any atom is 0.270 e. The van der Waals surface area contributed by atoms with E-state index in [1.807, 2.05) is 24.1 Å². The molecule has 18 heavy (non-hydrogen) atoms. The van der Waals surface area contributed by atoms with Crippen molar-refractivity contribution in [2.24, 2.45) is 5.92 Å². The van der Waals surface area contributed by atoms with Gasteiger partial charge in [0.25, 0.3) is 5.91 Å². The van der Waals surface area contributed by atoms with Gasteiger partial charge in [0, 0.05) is 25.9 Å². The van der Waals surface area contributed by atoms with Gasteiger partial charge >= 0.3 is 0 Å². The number of carbonyl (C=O) groups is 1. The Balaban J connectivity index is 1.87. The maximum absolute atomic E-state index is 12.2. The van der Waals surface area contributed by atoms with Crippen molar-refractivity contribution in [3.05, 3.63) is 24.0 Å². The number of aliphatic hydroxyl groups is 1. The number of hydrogen-bond donors (Lipinski definition) is 2. The molecule has 0 aromatic carbocycles. The van der Waals surface area contributed by atoms with E-state index in [1.165, 1.54) is 0 Å². The molecule has 1 fully saturated rings. The van der Waals surface area contributed by atoms with Gasteiger partial charge in [-0.3, -0.25) is 4.79 Å². The molecule has 0 unspecified atom stereocenters.